The minimum absolute atomic E-state index is 0.991. The molecule has 0 saturated carbocycles. The van der Waals surface area contributed by atoms with Gasteiger partial charge in [0.2, 0.25) is 0 Å². The first kappa shape index (κ1) is 16.4. The fourth-order valence-electron chi connectivity index (χ4n) is 2.29. The third kappa shape index (κ3) is 2.80. The molecule has 96 valence electrons. The normalized spacial score (nSPS) is 11.1. The molecule has 0 fully saturated rings. The van der Waals surface area contributed by atoms with Crippen molar-refractivity contribution >= 4 is 7.26 Å². The highest BCUT2D eigenvalue weighted by Crippen LogP contribution is 2.83. The predicted octanol–water partition coefficient (Wildman–Crippen LogP) is 6.70. The molecular weight excluding hydrogens is 223 g/mol. The van der Waals surface area contributed by atoms with Gasteiger partial charge in [0.1, 0.15) is 7.26 Å². The third-order valence-electron chi connectivity index (χ3n) is 3.53. The fourth-order valence-corrected chi connectivity index (χ4v) is 6.87. The van der Waals surface area contributed by atoms with Gasteiger partial charge in [0.25, 0.3) is 0 Å². The molecule has 0 heterocycles. The van der Waals surface area contributed by atoms with Gasteiger partial charge in [0.15, 0.2) is 0 Å². The van der Waals surface area contributed by atoms with Crippen molar-refractivity contribution in [3.63, 3.8) is 0 Å². The average Bonchev–Trinajstić information content (AvgIpc) is 2.37. The largest absolute Gasteiger partial charge is 0.124 e. The summed E-state index contributed by atoms with van der Waals surface area (Å²) >= 11 is 0. The third-order valence-corrected chi connectivity index (χ3v) is 8.59. The van der Waals surface area contributed by atoms with Gasteiger partial charge in [-0.15, -0.1) is 0 Å². The summed E-state index contributed by atoms with van der Waals surface area (Å²) in [5.41, 5.74) is 0. The Hall–Kier alpha value is -0.610. The molecule has 17 heavy (non-hydrogen) atoms. The Kier molecular flexibility index (Phi) is 6.72. The topological polar surface area (TPSA) is 0 Å². The van der Waals surface area contributed by atoms with Crippen LogP contribution in [0.3, 0.4) is 0 Å². The van der Waals surface area contributed by atoms with E-state index in [0.29, 0.717) is 0 Å². The molecule has 0 amide bonds. The van der Waals surface area contributed by atoms with E-state index in [2.05, 4.69) is 54.0 Å². The maximum absolute atomic E-state index is 4.32. The first-order valence-corrected chi connectivity index (χ1v) is 8.34. The molecule has 0 aliphatic rings. The van der Waals surface area contributed by atoms with Crippen molar-refractivity contribution < 1.29 is 0 Å². The number of hydrogen-bond acceptors (Lipinski definition) is 0. The summed E-state index contributed by atoms with van der Waals surface area (Å²) < 4.78 is 0. The summed E-state index contributed by atoms with van der Waals surface area (Å²) in [6.45, 7) is 26.0. The second kappa shape index (κ2) is 6.97. The minimum atomic E-state index is -1.64. The molecule has 0 saturated heterocycles. The van der Waals surface area contributed by atoms with Crippen molar-refractivity contribution in [1.29, 1.82) is 0 Å². The summed E-state index contributed by atoms with van der Waals surface area (Å²) in [7, 11) is -1.64. The average molecular weight is 251 g/mol. The molecule has 0 nitrogen and oxygen atoms in total. The molecular formula is C16H28P+. The summed E-state index contributed by atoms with van der Waals surface area (Å²) in [4.78, 5) is 0. The van der Waals surface area contributed by atoms with Gasteiger partial charge in [-0.1, -0.05) is 54.0 Å². The quantitative estimate of drug-likeness (QED) is 0.421. The highest BCUT2D eigenvalue weighted by atomic mass is 31.2. The van der Waals surface area contributed by atoms with E-state index in [-0.39, 0.29) is 0 Å². The first-order chi connectivity index (χ1) is 7.93. The molecule has 1 heteroatoms. The molecule has 0 rings (SSSR count). The monoisotopic (exact) mass is 251 g/mol. The van der Waals surface area contributed by atoms with E-state index in [9.17, 15) is 0 Å². The molecule has 0 bridgehead atoms. The van der Waals surface area contributed by atoms with Crippen LogP contribution in [-0.2, 0) is 0 Å². The highest BCUT2D eigenvalue weighted by Gasteiger charge is 2.47. The van der Waals surface area contributed by atoms with Gasteiger partial charge < -0.3 is 0 Å². The van der Waals surface area contributed by atoms with Gasteiger partial charge in [-0.3, -0.25) is 0 Å². The van der Waals surface area contributed by atoms with Crippen molar-refractivity contribution in [1.82, 2.24) is 0 Å². The number of rotatable bonds is 8. The molecule has 0 aromatic rings. The van der Waals surface area contributed by atoms with Crippen LogP contribution in [0.1, 0.15) is 53.4 Å². The zero-order chi connectivity index (χ0) is 13.6. The molecule has 0 aromatic heterocycles. The molecule has 0 spiro atoms. The second-order valence-corrected chi connectivity index (χ2v) is 8.22. The Morgan fingerprint density at radius 1 is 0.588 bits per heavy atom. The van der Waals surface area contributed by atoms with E-state index in [1.54, 1.807) is 0 Å². The summed E-state index contributed by atoms with van der Waals surface area (Å²) in [5.74, 6) is 0. The van der Waals surface area contributed by atoms with E-state index >= 15 is 0 Å². The summed E-state index contributed by atoms with van der Waals surface area (Å²) in [5, 5.41) is 5.18. The van der Waals surface area contributed by atoms with Gasteiger partial charge in [0, 0.05) is 25.7 Å². The van der Waals surface area contributed by atoms with E-state index in [1.807, 2.05) is 0 Å². The van der Waals surface area contributed by atoms with Crippen LogP contribution in [0.5, 0.6) is 0 Å². The molecule has 0 unspecified atom stereocenters. The van der Waals surface area contributed by atoms with Gasteiger partial charge in [0.05, 0.1) is 21.3 Å². The molecule has 0 aromatic carbocycles. The lowest BCUT2D eigenvalue weighted by molar-refractivity contribution is 1.12. The highest BCUT2D eigenvalue weighted by molar-refractivity contribution is 7.90. The Morgan fingerprint density at radius 3 is 0.882 bits per heavy atom. The van der Waals surface area contributed by atoms with Crippen LogP contribution in [0.4, 0.5) is 0 Å². The van der Waals surface area contributed by atoms with E-state index in [4.69, 9.17) is 0 Å². The predicted molar refractivity (Wildman–Crippen MR) is 84.6 cm³/mol. The van der Waals surface area contributed by atoms with Gasteiger partial charge in [-0.25, -0.2) is 0 Å². The van der Waals surface area contributed by atoms with Crippen LogP contribution in [0.15, 0.2) is 47.6 Å². The van der Waals surface area contributed by atoms with Crippen LogP contribution >= 0.6 is 7.26 Å². The number of allylic oxidation sites excluding steroid dienone is 4. The Bertz CT molecular complexity index is 264. The van der Waals surface area contributed by atoms with E-state index in [1.165, 1.54) is 21.3 Å². The smallest absolute Gasteiger partial charge is 0.0595 e. The van der Waals surface area contributed by atoms with Crippen molar-refractivity contribution in [2.45, 2.75) is 53.4 Å². The van der Waals surface area contributed by atoms with Crippen molar-refractivity contribution in [2.75, 3.05) is 0 Å². The van der Waals surface area contributed by atoms with Crippen molar-refractivity contribution in [3.05, 3.63) is 47.6 Å². The second-order valence-electron chi connectivity index (χ2n) is 4.35. The van der Waals surface area contributed by atoms with Crippen molar-refractivity contribution in [2.24, 2.45) is 0 Å². The number of hydrogen-bond donors (Lipinski definition) is 0. The SMILES string of the molecule is C=C(CC)[P+](C(=C)CC)(C(=C)CC)C(=C)CC. The van der Waals surface area contributed by atoms with Crippen LogP contribution in [-0.4, -0.2) is 0 Å². The minimum Gasteiger partial charge on any atom is -0.0595 e. The van der Waals surface area contributed by atoms with E-state index in [0.717, 1.165) is 25.7 Å². The van der Waals surface area contributed by atoms with Crippen molar-refractivity contribution in [3.8, 4) is 0 Å². The van der Waals surface area contributed by atoms with Crippen LogP contribution in [0.25, 0.3) is 0 Å². The van der Waals surface area contributed by atoms with Crippen LogP contribution in [0.2, 0.25) is 0 Å². The van der Waals surface area contributed by atoms with E-state index < -0.39 is 7.26 Å². The van der Waals surface area contributed by atoms with Crippen LogP contribution < -0.4 is 0 Å². The standard InChI is InChI=1S/C16H28P/c1-9-13(5)17(14(6)10-2,15(7)11-3)16(8)12-4/h5-12H2,1-4H3/q+1. The molecule has 0 aliphatic heterocycles. The van der Waals surface area contributed by atoms with Gasteiger partial charge in [-0.05, 0) is 0 Å². The summed E-state index contributed by atoms with van der Waals surface area (Å²) in [6, 6.07) is 0. The maximum atomic E-state index is 4.32. The van der Waals surface area contributed by atoms with Crippen LogP contribution in [0, 0.1) is 0 Å². The molecule has 0 aliphatic carbocycles. The lowest BCUT2D eigenvalue weighted by atomic mass is 10.4. The Labute approximate surface area is 109 Å². The zero-order valence-corrected chi connectivity index (χ0v) is 13.0. The lowest BCUT2D eigenvalue weighted by Crippen LogP contribution is -2.03. The zero-order valence-electron chi connectivity index (χ0n) is 12.1. The molecule has 0 atom stereocenters. The Balaban J connectivity index is 5.88. The molecule has 0 radical (unpaired) electrons. The summed E-state index contributed by atoms with van der Waals surface area (Å²) in [6.07, 6.45) is 3.96. The lowest BCUT2D eigenvalue weighted by Gasteiger charge is -2.31. The maximum Gasteiger partial charge on any atom is 0.124 e. The fraction of sp³-hybridized carbons (Fsp3) is 0.500. The first-order valence-electron chi connectivity index (χ1n) is 6.55. The van der Waals surface area contributed by atoms with Gasteiger partial charge >= 0.3 is 0 Å². The molecule has 0 N–H and O–H groups in total. The Morgan fingerprint density at radius 2 is 0.765 bits per heavy atom. The van der Waals surface area contributed by atoms with Gasteiger partial charge in [-0.2, -0.15) is 0 Å².